The van der Waals surface area contributed by atoms with Crippen molar-refractivity contribution in [2.45, 2.75) is 26.3 Å². The molecule has 1 amide bonds. The Bertz CT molecular complexity index is 522. The van der Waals surface area contributed by atoms with Crippen LogP contribution < -0.4 is 4.74 Å². The maximum atomic E-state index is 12.9. The lowest BCUT2D eigenvalue weighted by molar-refractivity contribution is -0.139. The van der Waals surface area contributed by atoms with Gasteiger partial charge in [0.2, 0.25) is 0 Å². The van der Waals surface area contributed by atoms with Crippen LogP contribution in [0.4, 0.5) is 4.39 Å². The first kappa shape index (κ1) is 17.2. The van der Waals surface area contributed by atoms with E-state index in [0.717, 1.165) is 6.07 Å². The summed E-state index contributed by atoms with van der Waals surface area (Å²) in [5.74, 6) is -1.63. The van der Waals surface area contributed by atoms with Gasteiger partial charge in [-0.25, -0.2) is 4.39 Å². The van der Waals surface area contributed by atoms with Gasteiger partial charge in [-0.3, -0.25) is 9.59 Å². The van der Waals surface area contributed by atoms with Crippen molar-refractivity contribution in [3.63, 3.8) is 0 Å². The lowest BCUT2D eigenvalue weighted by Crippen LogP contribution is -2.41. The van der Waals surface area contributed by atoms with Crippen LogP contribution >= 0.6 is 11.6 Å². The van der Waals surface area contributed by atoms with Gasteiger partial charge >= 0.3 is 5.97 Å². The van der Waals surface area contributed by atoms with Gasteiger partial charge in [0.05, 0.1) is 11.4 Å². The van der Waals surface area contributed by atoms with Gasteiger partial charge in [0, 0.05) is 12.6 Å². The van der Waals surface area contributed by atoms with Gasteiger partial charge in [-0.15, -0.1) is 0 Å². The first-order valence-corrected chi connectivity index (χ1v) is 6.78. The Kier molecular flexibility index (Phi) is 6.42. The van der Waals surface area contributed by atoms with Gasteiger partial charge in [-0.2, -0.15) is 0 Å². The Labute approximate surface area is 127 Å². The number of aliphatic carboxylic acids is 1. The molecule has 0 unspecified atom stereocenters. The quantitative estimate of drug-likeness (QED) is 0.839. The average molecular weight is 318 g/mol. The zero-order valence-corrected chi connectivity index (χ0v) is 12.6. The van der Waals surface area contributed by atoms with E-state index >= 15 is 0 Å². The third-order valence-corrected chi connectivity index (χ3v) is 3.05. The number of carbonyl (C=O) groups is 2. The summed E-state index contributed by atoms with van der Waals surface area (Å²) in [6.45, 7) is 3.38. The number of ether oxygens (including phenoxy) is 1. The van der Waals surface area contributed by atoms with Crippen molar-refractivity contribution in [1.82, 2.24) is 4.90 Å². The fraction of sp³-hybridized carbons (Fsp3) is 0.429. The standard InChI is InChI=1S/C14H17ClFNO4/c1-9(2)17(6-5-14(19)20)13(18)8-21-12-4-3-10(16)7-11(12)15/h3-4,7,9H,5-6,8H2,1-2H3,(H,19,20). The smallest absolute Gasteiger partial charge is 0.305 e. The molecule has 0 fully saturated rings. The number of carbonyl (C=O) groups excluding carboxylic acids is 1. The molecule has 0 saturated carbocycles. The van der Waals surface area contributed by atoms with E-state index in [1.165, 1.54) is 17.0 Å². The Hall–Kier alpha value is -1.82. The van der Waals surface area contributed by atoms with E-state index in [0.29, 0.717) is 0 Å². The minimum Gasteiger partial charge on any atom is -0.482 e. The van der Waals surface area contributed by atoms with Gasteiger partial charge in [0.25, 0.3) is 5.91 Å². The zero-order chi connectivity index (χ0) is 16.0. The predicted molar refractivity (Wildman–Crippen MR) is 76.0 cm³/mol. The molecule has 21 heavy (non-hydrogen) atoms. The monoisotopic (exact) mass is 317 g/mol. The van der Waals surface area contributed by atoms with Gasteiger partial charge < -0.3 is 14.7 Å². The molecule has 0 heterocycles. The molecule has 1 rings (SSSR count). The molecule has 0 atom stereocenters. The van der Waals surface area contributed by atoms with Crippen LogP contribution in [0, 0.1) is 5.82 Å². The number of halogens is 2. The second-order valence-electron chi connectivity index (χ2n) is 4.69. The molecule has 1 aromatic rings. The second kappa shape index (κ2) is 7.83. The molecular formula is C14H17ClFNO4. The van der Waals surface area contributed by atoms with Crippen LogP contribution in [0.2, 0.25) is 5.02 Å². The maximum Gasteiger partial charge on any atom is 0.305 e. The van der Waals surface area contributed by atoms with Gasteiger partial charge in [-0.1, -0.05) is 11.6 Å². The van der Waals surface area contributed by atoms with E-state index in [-0.39, 0.29) is 42.3 Å². The minimum absolute atomic E-state index is 0.0735. The first-order valence-electron chi connectivity index (χ1n) is 6.40. The van der Waals surface area contributed by atoms with Crippen LogP contribution in [0.5, 0.6) is 5.75 Å². The number of hydrogen-bond acceptors (Lipinski definition) is 3. The van der Waals surface area contributed by atoms with Crippen LogP contribution in [-0.4, -0.2) is 41.1 Å². The van der Waals surface area contributed by atoms with Crippen LogP contribution in [-0.2, 0) is 9.59 Å². The summed E-state index contributed by atoms with van der Waals surface area (Å²) in [7, 11) is 0. The third kappa shape index (κ3) is 5.59. The predicted octanol–water partition coefficient (Wildman–Crippen LogP) is 2.57. The summed E-state index contributed by atoms with van der Waals surface area (Å²) < 4.78 is 18.1. The fourth-order valence-corrected chi connectivity index (χ4v) is 1.92. The zero-order valence-electron chi connectivity index (χ0n) is 11.8. The second-order valence-corrected chi connectivity index (χ2v) is 5.10. The summed E-state index contributed by atoms with van der Waals surface area (Å²) in [6, 6.07) is 3.45. The number of carboxylic acid groups (broad SMARTS) is 1. The van der Waals surface area contributed by atoms with Crippen molar-refractivity contribution in [1.29, 1.82) is 0 Å². The molecule has 0 bridgehead atoms. The molecule has 5 nitrogen and oxygen atoms in total. The number of hydrogen-bond donors (Lipinski definition) is 1. The average Bonchev–Trinajstić information content (AvgIpc) is 2.37. The van der Waals surface area contributed by atoms with Gasteiger partial charge in [-0.05, 0) is 32.0 Å². The summed E-state index contributed by atoms with van der Waals surface area (Å²) in [6.07, 6.45) is -0.138. The molecule has 0 aromatic heterocycles. The number of nitrogens with zero attached hydrogens (tertiary/aromatic N) is 1. The Morgan fingerprint density at radius 3 is 2.62 bits per heavy atom. The summed E-state index contributed by atoms with van der Waals surface area (Å²) in [5.41, 5.74) is 0. The normalized spacial score (nSPS) is 10.5. The molecule has 0 aliphatic rings. The molecule has 116 valence electrons. The Morgan fingerprint density at radius 1 is 1.43 bits per heavy atom. The number of rotatable bonds is 7. The highest BCUT2D eigenvalue weighted by molar-refractivity contribution is 6.32. The number of carboxylic acids is 1. The molecule has 0 saturated heterocycles. The molecule has 0 spiro atoms. The first-order chi connectivity index (χ1) is 9.81. The van der Waals surface area contributed by atoms with Crippen molar-refractivity contribution in [2.24, 2.45) is 0 Å². The molecule has 0 radical (unpaired) electrons. The Morgan fingerprint density at radius 2 is 2.10 bits per heavy atom. The largest absolute Gasteiger partial charge is 0.482 e. The van der Waals surface area contributed by atoms with Crippen molar-refractivity contribution >= 4 is 23.5 Å². The van der Waals surface area contributed by atoms with Crippen molar-refractivity contribution in [3.05, 3.63) is 29.0 Å². The van der Waals surface area contributed by atoms with Gasteiger partial charge in [0.1, 0.15) is 11.6 Å². The van der Waals surface area contributed by atoms with E-state index in [4.69, 9.17) is 21.4 Å². The minimum atomic E-state index is -0.976. The topological polar surface area (TPSA) is 66.8 Å². The number of benzene rings is 1. The molecule has 0 aliphatic carbocycles. The molecular weight excluding hydrogens is 301 g/mol. The summed E-state index contributed by atoms with van der Waals surface area (Å²) in [4.78, 5) is 24.0. The van der Waals surface area contributed by atoms with Crippen molar-refractivity contribution in [2.75, 3.05) is 13.2 Å². The summed E-state index contributed by atoms with van der Waals surface area (Å²) >= 11 is 5.79. The SMILES string of the molecule is CC(C)N(CCC(=O)O)C(=O)COc1ccc(F)cc1Cl. The van der Waals surface area contributed by atoms with E-state index in [1.807, 2.05) is 0 Å². The van der Waals surface area contributed by atoms with E-state index in [1.54, 1.807) is 13.8 Å². The highest BCUT2D eigenvalue weighted by Gasteiger charge is 2.18. The highest BCUT2D eigenvalue weighted by atomic mass is 35.5. The van der Waals surface area contributed by atoms with E-state index in [9.17, 15) is 14.0 Å². The van der Waals surface area contributed by atoms with Crippen molar-refractivity contribution < 1.29 is 23.8 Å². The highest BCUT2D eigenvalue weighted by Crippen LogP contribution is 2.24. The van der Waals surface area contributed by atoms with Crippen LogP contribution in [0.15, 0.2) is 18.2 Å². The fourth-order valence-electron chi connectivity index (χ4n) is 1.70. The van der Waals surface area contributed by atoms with Crippen LogP contribution in [0.1, 0.15) is 20.3 Å². The summed E-state index contributed by atoms with van der Waals surface area (Å²) in [5, 5.41) is 8.75. The third-order valence-electron chi connectivity index (χ3n) is 2.76. The molecule has 1 aromatic carbocycles. The maximum absolute atomic E-state index is 12.9. The molecule has 7 heteroatoms. The lowest BCUT2D eigenvalue weighted by atomic mass is 10.2. The Balaban J connectivity index is 2.62. The van der Waals surface area contributed by atoms with E-state index in [2.05, 4.69) is 0 Å². The van der Waals surface area contributed by atoms with Gasteiger partial charge in [0.15, 0.2) is 6.61 Å². The van der Waals surface area contributed by atoms with Crippen LogP contribution in [0.3, 0.4) is 0 Å². The van der Waals surface area contributed by atoms with Crippen molar-refractivity contribution in [3.8, 4) is 5.75 Å². The lowest BCUT2D eigenvalue weighted by Gasteiger charge is -2.26. The number of amides is 1. The molecule has 1 N–H and O–H groups in total. The van der Waals surface area contributed by atoms with Crippen LogP contribution in [0.25, 0.3) is 0 Å². The van der Waals surface area contributed by atoms with E-state index < -0.39 is 11.8 Å². The molecule has 0 aliphatic heterocycles.